The van der Waals surface area contributed by atoms with Gasteiger partial charge in [-0.15, -0.1) is 0 Å². The van der Waals surface area contributed by atoms with Crippen LogP contribution in [0.2, 0.25) is 10.0 Å². The van der Waals surface area contributed by atoms with Crippen LogP contribution in [0.1, 0.15) is 39.7 Å². The molecule has 0 saturated heterocycles. The molecule has 0 aromatic heterocycles. The number of hydrogen-bond donors (Lipinski definition) is 1. The van der Waals surface area contributed by atoms with Gasteiger partial charge in [0, 0.05) is 15.6 Å². The molecule has 1 rings (SSSR count). The van der Waals surface area contributed by atoms with Crippen molar-refractivity contribution in [3.05, 3.63) is 45.5 Å². The number of hydrogen-bond acceptors (Lipinski definition) is 1. The lowest BCUT2D eigenvalue weighted by atomic mass is 10.0. The molecule has 0 aliphatic heterocycles. The van der Waals surface area contributed by atoms with Crippen LogP contribution in [0, 0.1) is 0 Å². The Morgan fingerprint density at radius 3 is 2.53 bits per heavy atom. The molecule has 19 heavy (non-hydrogen) atoms. The fraction of sp³-hybridized carbons (Fsp3) is 0.500. The molecule has 0 fully saturated rings. The molecule has 0 aliphatic carbocycles. The first-order valence-electron chi connectivity index (χ1n) is 6.62. The molecular weight excluding hydrogens is 277 g/mol. The molecular formula is C16H23Cl2N. The van der Waals surface area contributed by atoms with Crippen molar-refractivity contribution in [1.29, 1.82) is 0 Å². The molecule has 106 valence electrons. The molecule has 0 aliphatic rings. The standard InChI is InChI=1S/C16H23Cl2N/c1-12(6-5-9-19-16(2,3)4)10-13-7-8-14(17)11-15(13)18/h6-8,11,19H,5,9-10H2,1-4H3. The SMILES string of the molecule is CC(=CCCNC(C)(C)C)Cc1ccc(Cl)cc1Cl. The third-order valence-electron chi connectivity index (χ3n) is 2.78. The quantitative estimate of drug-likeness (QED) is 0.577. The number of benzene rings is 1. The number of nitrogens with one attached hydrogen (secondary N) is 1. The summed E-state index contributed by atoms with van der Waals surface area (Å²) in [6, 6.07) is 5.68. The Labute approximate surface area is 127 Å². The Kier molecular flexibility index (Phi) is 6.38. The van der Waals surface area contributed by atoms with Crippen LogP contribution in [0.5, 0.6) is 0 Å². The van der Waals surface area contributed by atoms with Crippen LogP contribution < -0.4 is 5.32 Å². The second kappa shape index (κ2) is 7.33. The second-order valence-corrected chi connectivity index (χ2v) is 6.77. The van der Waals surface area contributed by atoms with E-state index in [9.17, 15) is 0 Å². The summed E-state index contributed by atoms with van der Waals surface area (Å²) in [7, 11) is 0. The van der Waals surface area contributed by atoms with E-state index in [0.29, 0.717) is 5.02 Å². The van der Waals surface area contributed by atoms with Gasteiger partial charge in [0.05, 0.1) is 0 Å². The van der Waals surface area contributed by atoms with Gasteiger partial charge in [-0.05, 0) is 64.8 Å². The van der Waals surface area contributed by atoms with Crippen LogP contribution in [0.25, 0.3) is 0 Å². The zero-order chi connectivity index (χ0) is 14.5. The monoisotopic (exact) mass is 299 g/mol. The van der Waals surface area contributed by atoms with E-state index in [-0.39, 0.29) is 5.54 Å². The molecule has 0 amide bonds. The maximum Gasteiger partial charge on any atom is 0.0456 e. The van der Waals surface area contributed by atoms with Crippen LogP contribution in [0.15, 0.2) is 29.8 Å². The van der Waals surface area contributed by atoms with Gasteiger partial charge in [-0.25, -0.2) is 0 Å². The summed E-state index contributed by atoms with van der Waals surface area (Å²) in [5, 5.41) is 4.90. The third-order valence-corrected chi connectivity index (χ3v) is 3.36. The Bertz CT molecular complexity index is 445. The number of allylic oxidation sites excluding steroid dienone is 1. The van der Waals surface area contributed by atoms with E-state index >= 15 is 0 Å². The molecule has 0 radical (unpaired) electrons. The molecule has 1 aromatic carbocycles. The molecule has 0 heterocycles. The molecule has 0 bridgehead atoms. The molecule has 0 atom stereocenters. The van der Waals surface area contributed by atoms with Gasteiger partial charge in [0.25, 0.3) is 0 Å². The molecule has 1 aromatic rings. The molecule has 1 nitrogen and oxygen atoms in total. The molecule has 0 spiro atoms. The number of rotatable bonds is 5. The van der Waals surface area contributed by atoms with Crippen LogP contribution in [-0.4, -0.2) is 12.1 Å². The van der Waals surface area contributed by atoms with E-state index in [1.54, 1.807) is 6.07 Å². The van der Waals surface area contributed by atoms with E-state index in [2.05, 4.69) is 39.1 Å². The van der Waals surface area contributed by atoms with Gasteiger partial charge in [0.15, 0.2) is 0 Å². The first kappa shape index (κ1) is 16.6. The van der Waals surface area contributed by atoms with Gasteiger partial charge in [0.2, 0.25) is 0 Å². The Morgan fingerprint density at radius 2 is 1.95 bits per heavy atom. The fourth-order valence-corrected chi connectivity index (χ4v) is 2.28. The summed E-state index contributed by atoms with van der Waals surface area (Å²) in [4.78, 5) is 0. The average Bonchev–Trinajstić information content (AvgIpc) is 2.27. The highest BCUT2D eigenvalue weighted by Gasteiger charge is 2.06. The average molecular weight is 300 g/mol. The van der Waals surface area contributed by atoms with Crippen molar-refractivity contribution in [3.63, 3.8) is 0 Å². The van der Waals surface area contributed by atoms with Crippen LogP contribution >= 0.6 is 23.2 Å². The lowest BCUT2D eigenvalue weighted by Crippen LogP contribution is -2.36. The van der Waals surface area contributed by atoms with Gasteiger partial charge >= 0.3 is 0 Å². The van der Waals surface area contributed by atoms with Crippen molar-refractivity contribution in [2.24, 2.45) is 0 Å². The van der Waals surface area contributed by atoms with E-state index < -0.39 is 0 Å². The minimum Gasteiger partial charge on any atom is -0.312 e. The third kappa shape index (κ3) is 7.00. The smallest absolute Gasteiger partial charge is 0.0456 e. The minimum atomic E-state index is 0.182. The van der Waals surface area contributed by atoms with Crippen LogP contribution in [0.4, 0.5) is 0 Å². The Hall–Kier alpha value is -0.500. The normalized spacial score (nSPS) is 12.8. The Balaban J connectivity index is 2.48. The van der Waals surface area contributed by atoms with Crippen molar-refractivity contribution >= 4 is 23.2 Å². The lowest BCUT2D eigenvalue weighted by molar-refractivity contribution is 0.431. The van der Waals surface area contributed by atoms with Crippen molar-refractivity contribution in [2.45, 2.75) is 46.1 Å². The summed E-state index contributed by atoms with van der Waals surface area (Å²) in [6.45, 7) is 9.67. The van der Waals surface area contributed by atoms with Crippen molar-refractivity contribution in [3.8, 4) is 0 Å². The highest BCUT2D eigenvalue weighted by Crippen LogP contribution is 2.23. The predicted molar refractivity (Wildman–Crippen MR) is 86.3 cm³/mol. The molecule has 0 unspecified atom stereocenters. The zero-order valence-electron chi connectivity index (χ0n) is 12.2. The van der Waals surface area contributed by atoms with Crippen molar-refractivity contribution < 1.29 is 0 Å². The number of halogens is 2. The molecule has 1 N–H and O–H groups in total. The van der Waals surface area contributed by atoms with Crippen molar-refractivity contribution in [2.75, 3.05) is 6.54 Å². The summed E-state index contributed by atoms with van der Waals surface area (Å²) in [5.41, 5.74) is 2.64. The minimum absolute atomic E-state index is 0.182. The summed E-state index contributed by atoms with van der Waals surface area (Å²) in [6.07, 6.45) is 4.18. The van der Waals surface area contributed by atoms with E-state index in [1.807, 2.05) is 12.1 Å². The van der Waals surface area contributed by atoms with Crippen LogP contribution in [0.3, 0.4) is 0 Å². The maximum atomic E-state index is 6.17. The lowest BCUT2D eigenvalue weighted by Gasteiger charge is -2.19. The predicted octanol–water partition coefficient (Wildman–Crippen LogP) is 5.26. The maximum absolute atomic E-state index is 6.17. The summed E-state index contributed by atoms with van der Waals surface area (Å²) >= 11 is 12.1. The van der Waals surface area contributed by atoms with Crippen molar-refractivity contribution in [1.82, 2.24) is 5.32 Å². The van der Waals surface area contributed by atoms with Gasteiger partial charge < -0.3 is 5.32 Å². The highest BCUT2D eigenvalue weighted by molar-refractivity contribution is 6.35. The van der Waals surface area contributed by atoms with Gasteiger partial charge in [-0.2, -0.15) is 0 Å². The first-order chi connectivity index (χ1) is 8.78. The highest BCUT2D eigenvalue weighted by atomic mass is 35.5. The molecule has 0 saturated carbocycles. The fourth-order valence-electron chi connectivity index (χ4n) is 1.80. The van der Waals surface area contributed by atoms with E-state index in [1.165, 1.54) is 5.57 Å². The second-order valence-electron chi connectivity index (χ2n) is 5.93. The van der Waals surface area contributed by atoms with Gasteiger partial charge in [0.1, 0.15) is 0 Å². The topological polar surface area (TPSA) is 12.0 Å². The largest absolute Gasteiger partial charge is 0.312 e. The first-order valence-corrected chi connectivity index (χ1v) is 7.38. The summed E-state index contributed by atoms with van der Waals surface area (Å²) in [5.74, 6) is 0. The van der Waals surface area contributed by atoms with E-state index in [4.69, 9.17) is 23.2 Å². The Morgan fingerprint density at radius 1 is 1.26 bits per heavy atom. The zero-order valence-corrected chi connectivity index (χ0v) is 13.7. The van der Waals surface area contributed by atoms with Gasteiger partial charge in [-0.3, -0.25) is 0 Å². The molecule has 3 heteroatoms. The van der Waals surface area contributed by atoms with Crippen LogP contribution in [-0.2, 0) is 6.42 Å². The summed E-state index contributed by atoms with van der Waals surface area (Å²) < 4.78 is 0. The van der Waals surface area contributed by atoms with Gasteiger partial charge in [-0.1, -0.05) is 40.9 Å². The van der Waals surface area contributed by atoms with E-state index in [0.717, 1.165) is 30.0 Å².